The number of nitrogens with zero attached hydrogens (tertiary/aromatic N) is 3. The highest BCUT2D eigenvalue weighted by Gasteiger charge is 2.61. The van der Waals surface area contributed by atoms with Crippen molar-refractivity contribution in [3.05, 3.63) is 59.7 Å². The van der Waals surface area contributed by atoms with Crippen molar-refractivity contribution in [1.82, 2.24) is 4.31 Å². The molecule has 1 saturated heterocycles. The van der Waals surface area contributed by atoms with Crippen LogP contribution in [0.25, 0.3) is 0 Å². The predicted molar refractivity (Wildman–Crippen MR) is 117 cm³/mol. The number of likely N-dealkylation sites (N-methyl/N-ethyl adjacent to an activating group) is 1. The number of benzene rings is 2. The van der Waals surface area contributed by atoms with Crippen molar-refractivity contribution in [3.63, 3.8) is 0 Å². The summed E-state index contributed by atoms with van der Waals surface area (Å²) in [6.45, 7) is 5.55. The van der Waals surface area contributed by atoms with Crippen LogP contribution in [0.2, 0.25) is 0 Å². The van der Waals surface area contributed by atoms with Crippen LogP contribution in [0.15, 0.2) is 58.6 Å². The normalized spacial score (nSPS) is 25.4. The molecule has 0 N–H and O–H groups in total. The lowest BCUT2D eigenvalue weighted by atomic mass is 9.75. The average Bonchev–Trinajstić information content (AvgIpc) is 3.47. The molecule has 3 aliphatic heterocycles. The Morgan fingerprint density at radius 2 is 1.77 bits per heavy atom. The van der Waals surface area contributed by atoms with Gasteiger partial charge in [0, 0.05) is 31.4 Å². The number of anilines is 1. The van der Waals surface area contributed by atoms with Gasteiger partial charge >= 0.3 is 0 Å². The molecule has 0 radical (unpaired) electrons. The Hall–Kier alpha value is -2.38. The summed E-state index contributed by atoms with van der Waals surface area (Å²) in [7, 11) is -1.43. The number of sulfonamides is 1. The minimum Gasteiger partial charge on any atom is -0.366 e. The molecule has 5 rings (SSSR count). The molecule has 0 aromatic heterocycles. The van der Waals surface area contributed by atoms with Crippen molar-refractivity contribution in [2.75, 3.05) is 25.0 Å². The third-order valence-corrected chi connectivity index (χ3v) is 8.94. The zero-order valence-electron chi connectivity index (χ0n) is 17.6. The second-order valence-electron chi connectivity index (χ2n) is 8.93. The molecule has 0 saturated carbocycles. The summed E-state index contributed by atoms with van der Waals surface area (Å²) in [5.74, 6) is 0. The van der Waals surface area contributed by atoms with Gasteiger partial charge in [0.2, 0.25) is 15.7 Å². The molecule has 0 unspecified atom stereocenters. The highest BCUT2D eigenvalue weighted by atomic mass is 32.2. The monoisotopic (exact) mass is 425 g/mol. The van der Waals surface area contributed by atoms with Crippen LogP contribution in [-0.4, -0.2) is 44.3 Å². The quantitative estimate of drug-likeness (QED) is 0.752. The molecule has 2 aromatic carbocycles. The van der Waals surface area contributed by atoms with Crippen molar-refractivity contribution < 1.29 is 13.3 Å². The number of rotatable bonds is 3. The Kier molecular flexibility index (Phi) is 4.28. The molecule has 0 aliphatic carbocycles. The summed E-state index contributed by atoms with van der Waals surface area (Å²) in [6, 6.07) is 15.5. The van der Waals surface area contributed by atoms with E-state index in [2.05, 4.69) is 42.1 Å². The van der Waals surface area contributed by atoms with Crippen LogP contribution >= 0.6 is 0 Å². The number of oxime groups is 1. The van der Waals surface area contributed by atoms with E-state index < -0.39 is 15.7 Å². The Morgan fingerprint density at radius 3 is 2.50 bits per heavy atom. The lowest BCUT2D eigenvalue weighted by Crippen LogP contribution is -2.54. The van der Waals surface area contributed by atoms with Gasteiger partial charge in [0.25, 0.3) is 0 Å². The van der Waals surface area contributed by atoms with Crippen molar-refractivity contribution in [2.45, 2.75) is 49.1 Å². The minimum absolute atomic E-state index is 0.275. The molecule has 7 heteroatoms. The van der Waals surface area contributed by atoms with E-state index >= 15 is 0 Å². The van der Waals surface area contributed by atoms with Crippen LogP contribution in [0, 0.1) is 0 Å². The van der Waals surface area contributed by atoms with Crippen LogP contribution in [0.4, 0.5) is 5.69 Å². The first kappa shape index (κ1) is 19.6. The summed E-state index contributed by atoms with van der Waals surface area (Å²) in [4.78, 5) is 8.65. The maximum Gasteiger partial charge on any atom is 0.243 e. The van der Waals surface area contributed by atoms with E-state index in [1.807, 2.05) is 19.2 Å². The Balaban J connectivity index is 1.47. The van der Waals surface area contributed by atoms with Gasteiger partial charge in [0.05, 0.1) is 22.4 Å². The van der Waals surface area contributed by atoms with E-state index in [1.54, 1.807) is 22.5 Å². The molecule has 6 nitrogen and oxygen atoms in total. The molecule has 1 fully saturated rings. The standard InChI is InChI=1S/C23H27N3O3S/c1-22(2)19-11-4-5-12-21(19)25(3)23(22)16-20(24-29-23)17-9-8-10-18(15-17)30(27,28)26-13-6-7-14-26/h4-5,8-12,15H,6-7,13-14,16H2,1-3H3/t23-/m0/s1. The number of fused-ring (bicyclic) bond motifs is 1. The first-order valence-corrected chi connectivity index (χ1v) is 11.9. The number of hydrogen-bond donors (Lipinski definition) is 0. The van der Waals surface area contributed by atoms with Crippen LogP contribution in [0.3, 0.4) is 0 Å². The van der Waals surface area contributed by atoms with E-state index in [-0.39, 0.29) is 5.41 Å². The molecule has 2 aromatic rings. The average molecular weight is 426 g/mol. The van der Waals surface area contributed by atoms with Crippen molar-refractivity contribution >= 4 is 21.4 Å². The molecular formula is C23H27N3O3S. The SMILES string of the molecule is CN1c2ccccc2C(C)(C)[C@@]12CC(c1cccc(S(=O)(=O)N3CCCC3)c1)=NO2. The van der Waals surface area contributed by atoms with Gasteiger partial charge in [-0.25, -0.2) is 8.42 Å². The van der Waals surface area contributed by atoms with E-state index in [0.29, 0.717) is 24.4 Å². The maximum absolute atomic E-state index is 13.0. The van der Waals surface area contributed by atoms with Crippen LogP contribution in [0.5, 0.6) is 0 Å². The third-order valence-electron chi connectivity index (χ3n) is 7.04. The molecular weight excluding hydrogens is 398 g/mol. The van der Waals surface area contributed by atoms with Crippen molar-refractivity contribution in [1.29, 1.82) is 0 Å². The summed E-state index contributed by atoms with van der Waals surface area (Å²) in [6.07, 6.45) is 2.42. The van der Waals surface area contributed by atoms with E-state index in [9.17, 15) is 8.42 Å². The summed E-state index contributed by atoms with van der Waals surface area (Å²) >= 11 is 0. The fraction of sp³-hybridized carbons (Fsp3) is 0.435. The van der Waals surface area contributed by atoms with Crippen LogP contribution in [0.1, 0.15) is 44.2 Å². The number of para-hydroxylation sites is 1. The molecule has 30 heavy (non-hydrogen) atoms. The Bertz CT molecular complexity index is 1140. The maximum atomic E-state index is 13.0. The highest BCUT2D eigenvalue weighted by molar-refractivity contribution is 7.89. The van der Waals surface area contributed by atoms with Gasteiger partial charge < -0.3 is 9.74 Å². The second kappa shape index (κ2) is 6.56. The summed E-state index contributed by atoms with van der Waals surface area (Å²) in [5.41, 5.74) is 3.05. The van der Waals surface area contributed by atoms with Gasteiger partial charge in [0.1, 0.15) is 0 Å². The van der Waals surface area contributed by atoms with Gasteiger partial charge in [-0.15, -0.1) is 0 Å². The third kappa shape index (κ3) is 2.58. The zero-order chi connectivity index (χ0) is 21.1. The van der Waals surface area contributed by atoms with Gasteiger partial charge in [0.15, 0.2) is 0 Å². The molecule has 3 aliphatic rings. The van der Waals surface area contributed by atoms with E-state index in [1.165, 1.54) is 5.56 Å². The fourth-order valence-electron chi connectivity index (χ4n) is 5.12. The Labute approximate surface area is 178 Å². The second-order valence-corrected chi connectivity index (χ2v) is 10.9. The molecule has 0 bridgehead atoms. The summed E-state index contributed by atoms with van der Waals surface area (Å²) in [5, 5.41) is 4.46. The predicted octanol–water partition coefficient (Wildman–Crippen LogP) is 3.72. The van der Waals surface area contributed by atoms with E-state index in [4.69, 9.17) is 4.84 Å². The van der Waals surface area contributed by atoms with E-state index in [0.717, 1.165) is 29.8 Å². The molecule has 1 atom stereocenters. The Morgan fingerprint density at radius 1 is 1.03 bits per heavy atom. The lowest BCUT2D eigenvalue weighted by Gasteiger charge is -2.40. The molecule has 1 spiro atoms. The van der Waals surface area contributed by atoms with Crippen molar-refractivity contribution in [3.8, 4) is 0 Å². The molecule has 0 amide bonds. The van der Waals surface area contributed by atoms with Gasteiger partial charge in [-0.1, -0.05) is 35.5 Å². The topological polar surface area (TPSA) is 62.2 Å². The first-order valence-electron chi connectivity index (χ1n) is 10.5. The summed E-state index contributed by atoms with van der Waals surface area (Å²) < 4.78 is 27.6. The van der Waals surface area contributed by atoms with Gasteiger partial charge in [-0.2, -0.15) is 4.31 Å². The minimum atomic E-state index is -3.47. The van der Waals surface area contributed by atoms with Crippen LogP contribution < -0.4 is 4.90 Å². The van der Waals surface area contributed by atoms with Crippen LogP contribution in [-0.2, 0) is 20.3 Å². The first-order chi connectivity index (χ1) is 14.3. The van der Waals surface area contributed by atoms with Gasteiger partial charge in [-0.05, 0) is 50.5 Å². The smallest absolute Gasteiger partial charge is 0.243 e. The number of hydrogen-bond acceptors (Lipinski definition) is 5. The zero-order valence-corrected chi connectivity index (χ0v) is 18.4. The highest BCUT2D eigenvalue weighted by Crippen LogP contribution is 2.55. The molecule has 158 valence electrons. The van der Waals surface area contributed by atoms with Gasteiger partial charge in [-0.3, -0.25) is 0 Å². The largest absolute Gasteiger partial charge is 0.366 e. The molecule has 3 heterocycles. The fourth-order valence-corrected chi connectivity index (χ4v) is 6.69. The van der Waals surface area contributed by atoms with Crippen molar-refractivity contribution in [2.24, 2.45) is 5.16 Å². The lowest BCUT2D eigenvalue weighted by molar-refractivity contribution is -0.0591.